The number of aliphatic hydroxyl groups is 1. The van der Waals surface area contributed by atoms with E-state index in [0.29, 0.717) is 13.2 Å². The predicted molar refractivity (Wildman–Crippen MR) is 112 cm³/mol. The number of rotatable bonds is 11. The number of aromatic nitrogens is 3. The Morgan fingerprint density at radius 3 is 2.89 bits per heavy atom. The maximum atomic E-state index is 10.3. The highest BCUT2D eigenvalue weighted by Gasteiger charge is 2.15. The van der Waals surface area contributed by atoms with E-state index in [-0.39, 0.29) is 0 Å². The minimum Gasteiger partial charge on any atom is -0.491 e. The highest BCUT2D eigenvalue weighted by molar-refractivity contribution is 7.99. The maximum Gasteiger partial charge on any atom is 0.208 e. The Balaban J connectivity index is 1.37. The van der Waals surface area contributed by atoms with Gasteiger partial charge >= 0.3 is 0 Å². The van der Waals surface area contributed by atoms with E-state index in [1.165, 1.54) is 19.3 Å². The Kier molecular flexibility index (Phi) is 8.60. The number of aryl methyl sites for hydroxylation is 1. The lowest BCUT2D eigenvalue weighted by Crippen LogP contribution is -2.38. The van der Waals surface area contributed by atoms with Gasteiger partial charge in [0.25, 0.3) is 0 Å². The molecule has 1 aliphatic heterocycles. The van der Waals surface area contributed by atoms with E-state index in [2.05, 4.69) is 31.5 Å². The van der Waals surface area contributed by atoms with Crippen molar-refractivity contribution in [1.29, 1.82) is 0 Å². The standard InChI is InChI=1S/C20H31N5O2S/c1-16-22-20(24-23-16)28-12-9-21-13-17-7-3-4-8-19(17)27-15-18(26)14-25-10-5-2-6-11-25/h3-4,7-8,18,21,26H,2,5-6,9-15H2,1H3,(H,22,23,24)/t18-/m1/s1. The number of hydrogen-bond donors (Lipinski definition) is 3. The molecule has 8 heteroatoms. The SMILES string of the molecule is Cc1nc(SCCNCc2ccccc2OC[C@H](O)CN2CCCCC2)n[nH]1. The first-order valence-electron chi connectivity index (χ1n) is 10.0. The van der Waals surface area contributed by atoms with E-state index >= 15 is 0 Å². The van der Waals surface area contributed by atoms with Gasteiger partial charge in [0.1, 0.15) is 24.3 Å². The Morgan fingerprint density at radius 1 is 1.29 bits per heavy atom. The fourth-order valence-corrected chi connectivity index (χ4v) is 4.03. The predicted octanol–water partition coefficient (Wildman–Crippen LogP) is 2.22. The second-order valence-electron chi connectivity index (χ2n) is 7.16. The molecule has 0 bridgehead atoms. The van der Waals surface area contributed by atoms with Gasteiger partial charge in [0.2, 0.25) is 5.16 Å². The van der Waals surface area contributed by atoms with Crippen molar-refractivity contribution in [3.63, 3.8) is 0 Å². The molecule has 1 aromatic heterocycles. The van der Waals surface area contributed by atoms with Crippen LogP contribution in [-0.4, -0.2) is 69.8 Å². The topological polar surface area (TPSA) is 86.3 Å². The number of benzene rings is 1. The second kappa shape index (κ2) is 11.4. The van der Waals surface area contributed by atoms with E-state index in [1.54, 1.807) is 11.8 Å². The third kappa shape index (κ3) is 7.09. The van der Waals surface area contributed by atoms with Gasteiger partial charge in [0, 0.05) is 31.0 Å². The largest absolute Gasteiger partial charge is 0.491 e. The Bertz CT molecular complexity index is 705. The van der Waals surface area contributed by atoms with Crippen molar-refractivity contribution >= 4 is 11.8 Å². The monoisotopic (exact) mass is 405 g/mol. The zero-order valence-electron chi connectivity index (χ0n) is 16.6. The lowest BCUT2D eigenvalue weighted by Gasteiger charge is -2.28. The van der Waals surface area contributed by atoms with Crippen LogP contribution in [0.25, 0.3) is 0 Å². The molecule has 1 atom stereocenters. The van der Waals surface area contributed by atoms with Gasteiger partial charge in [-0.2, -0.15) is 0 Å². The molecule has 0 saturated carbocycles. The summed E-state index contributed by atoms with van der Waals surface area (Å²) < 4.78 is 5.92. The van der Waals surface area contributed by atoms with Crippen LogP contribution in [0.15, 0.2) is 29.4 Å². The molecule has 154 valence electrons. The van der Waals surface area contributed by atoms with Crippen molar-refractivity contribution in [3.05, 3.63) is 35.7 Å². The zero-order valence-corrected chi connectivity index (χ0v) is 17.4. The summed E-state index contributed by atoms with van der Waals surface area (Å²) in [6.07, 6.45) is 3.31. The van der Waals surface area contributed by atoms with E-state index in [1.807, 2.05) is 25.1 Å². The summed E-state index contributed by atoms with van der Waals surface area (Å²) in [6, 6.07) is 8.01. The maximum absolute atomic E-state index is 10.3. The van der Waals surface area contributed by atoms with Crippen molar-refractivity contribution in [1.82, 2.24) is 25.4 Å². The fourth-order valence-electron chi connectivity index (χ4n) is 3.29. The third-order valence-corrected chi connectivity index (χ3v) is 5.57. The van der Waals surface area contributed by atoms with Crippen molar-refractivity contribution in [3.8, 4) is 5.75 Å². The molecule has 1 saturated heterocycles. The number of piperidine rings is 1. The average Bonchev–Trinajstić information content (AvgIpc) is 3.13. The first kappa shape index (κ1) is 21.1. The van der Waals surface area contributed by atoms with Crippen LogP contribution >= 0.6 is 11.8 Å². The molecule has 1 aliphatic rings. The number of nitrogens with zero attached hydrogens (tertiary/aromatic N) is 3. The van der Waals surface area contributed by atoms with Crippen molar-refractivity contribution in [2.45, 2.75) is 44.0 Å². The summed E-state index contributed by atoms with van der Waals surface area (Å²) in [5.41, 5.74) is 1.10. The molecule has 2 heterocycles. The number of H-pyrrole nitrogens is 1. The lowest BCUT2D eigenvalue weighted by atomic mass is 10.1. The molecule has 2 aromatic rings. The van der Waals surface area contributed by atoms with Crippen molar-refractivity contribution in [2.24, 2.45) is 0 Å². The van der Waals surface area contributed by atoms with Crippen LogP contribution in [0, 0.1) is 6.92 Å². The van der Waals surface area contributed by atoms with Gasteiger partial charge in [-0.1, -0.05) is 36.4 Å². The molecule has 3 rings (SSSR count). The second-order valence-corrected chi connectivity index (χ2v) is 8.22. The smallest absolute Gasteiger partial charge is 0.208 e. The minimum absolute atomic E-state index is 0.327. The summed E-state index contributed by atoms with van der Waals surface area (Å²) in [6.45, 7) is 6.67. The molecule has 0 amide bonds. The van der Waals surface area contributed by atoms with Gasteiger partial charge in [-0.15, -0.1) is 5.10 Å². The molecule has 7 nitrogen and oxygen atoms in total. The van der Waals surface area contributed by atoms with Crippen molar-refractivity contribution < 1.29 is 9.84 Å². The van der Waals surface area contributed by atoms with Gasteiger partial charge in [0.15, 0.2) is 0 Å². The lowest BCUT2D eigenvalue weighted by molar-refractivity contribution is 0.0614. The third-order valence-electron chi connectivity index (χ3n) is 4.72. The number of para-hydroxylation sites is 1. The summed E-state index contributed by atoms with van der Waals surface area (Å²) in [7, 11) is 0. The average molecular weight is 406 g/mol. The quantitative estimate of drug-likeness (QED) is 0.390. The fraction of sp³-hybridized carbons (Fsp3) is 0.600. The zero-order chi connectivity index (χ0) is 19.6. The first-order valence-corrected chi connectivity index (χ1v) is 11.0. The number of likely N-dealkylation sites (tertiary alicyclic amines) is 1. The number of hydrogen-bond acceptors (Lipinski definition) is 7. The van der Waals surface area contributed by atoms with Crippen LogP contribution in [0.3, 0.4) is 0 Å². The van der Waals surface area contributed by atoms with Crippen LogP contribution in [0.5, 0.6) is 5.75 Å². The molecule has 1 aromatic carbocycles. The summed E-state index contributed by atoms with van der Waals surface area (Å²) in [4.78, 5) is 6.62. The van der Waals surface area contributed by atoms with Gasteiger partial charge in [-0.05, 0) is 38.9 Å². The van der Waals surface area contributed by atoms with Crippen LogP contribution in [0.1, 0.15) is 30.7 Å². The molecule has 3 N–H and O–H groups in total. The molecule has 28 heavy (non-hydrogen) atoms. The van der Waals surface area contributed by atoms with Crippen LogP contribution in [-0.2, 0) is 6.54 Å². The summed E-state index contributed by atoms with van der Waals surface area (Å²) in [5.74, 6) is 2.57. The summed E-state index contributed by atoms with van der Waals surface area (Å²) >= 11 is 1.63. The first-order chi connectivity index (χ1) is 13.7. The normalized spacial score (nSPS) is 16.2. The number of β-amino-alcohol motifs (C(OH)–C–C–N with tert-alkyl or cyclic N) is 1. The highest BCUT2D eigenvalue weighted by Crippen LogP contribution is 2.18. The molecule has 0 spiro atoms. The molecule has 0 unspecified atom stereocenters. The van der Waals surface area contributed by atoms with E-state index in [0.717, 1.165) is 54.2 Å². The molecular weight excluding hydrogens is 374 g/mol. The van der Waals surface area contributed by atoms with Gasteiger partial charge < -0.3 is 20.1 Å². The number of ether oxygens (including phenoxy) is 1. The molecule has 0 radical (unpaired) electrons. The van der Waals surface area contributed by atoms with Gasteiger partial charge in [-0.25, -0.2) is 4.98 Å². The van der Waals surface area contributed by atoms with Gasteiger partial charge in [0.05, 0.1) is 0 Å². The Morgan fingerprint density at radius 2 is 2.11 bits per heavy atom. The van der Waals surface area contributed by atoms with E-state index in [9.17, 15) is 5.11 Å². The minimum atomic E-state index is -0.458. The van der Waals surface area contributed by atoms with Crippen LogP contribution < -0.4 is 10.1 Å². The molecule has 1 fully saturated rings. The van der Waals surface area contributed by atoms with Crippen LogP contribution in [0.4, 0.5) is 0 Å². The molecular formula is C20H31N5O2S. The number of aliphatic hydroxyl groups excluding tert-OH is 1. The molecule has 0 aliphatic carbocycles. The van der Waals surface area contributed by atoms with Crippen molar-refractivity contribution in [2.75, 3.05) is 38.5 Å². The van der Waals surface area contributed by atoms with E-state index < -0.39 is 6.10 Å². The Hall–Kier alpha value is -1.61. The van der Waals surface area contributed by atoms with Gasteiger partial charge in [-0.3, -0.25) is 5.10 Å². The summed E-state index contributed by atoms with van der Waals surface area (Å²) in [5, 5.41) is 21.5. The number of aromatic amines is 1. The Labute approximate surface area is 171 Å². The highest BCUT2D eigenvalue weighted by atomic mass is 32.2. The van der Waals surface area contributed by atoms with E-state index in [4.69, 9.17) is 4.74 Å². The number of thioether (sulfide) groups is 1. The number of nitrogens with one attached hydrogen (secondary N) is 2. The van der Waals surface area contributed by atoms with Crippen LogP contribution in [0.2, 0.25) is 0 Å².